The van der Waals surface area contributed by atoms with E-state index in [1.54, 1.807) is 11.9 Å². The zero-order chi connectivity index (χ0) is 15.9. The molecule has 116 valence electrons. The molecule has 2 aromatic rings. The Morgan fingerprint density at radius 1 is 1.14 bits per heavy atom. The summed E-state index contributed by atoms with van der Waals surface area (Å²) in [4.78, 5) is 13.7. The van der Waals surface area contributed by atoms with Gasteiger partial charge in [0, 0.05) is 25.2 Å². The zero-order valence-electron chi connectivity index (χ0n) is 13.0. The summed E-state index contributed by atoms with van der Waals surface area (Å²) in [7, 11) is 1.79. The van der Waals surface area contributed by atoms with Crippen LogP contribution in [-0.4, -0.2) is 24.5 Å². The molecule has 0 radical (unpaired) electrons. The van der Waals surface area contributed by atoms with E-state index in [9.17, 15) is 4.79 Å². The van der Waals surface area contributed by atoms with Crippen molar-refractivity contribution >= 4 is 17.6 Å². The Bertz CT molecular complexity index is 625. The van der Waals surface area contributed by atoms with Crippen molar-refractivity contribution in [3.05, 3.63) is 70.2 Å². The number of nitrogens with one attached hydrogen (secondary N) is 1. The normalized spacial score (nSPS) is 10.3. The fourth-order valence-electron chi connectivity index (χ4n) is 2.25. The van der Waals surface area contributed by atoms with E-state index in [4.69, 9.17) is 11.6 Å². The standard InChI is InChI=1S/C18H21ClN2O/c1-14-4-3-5-15(12-14)10-11-20-18(22)21(2)13-16-6-8-17(19)9-7-16/h3-9,12H,10-11,13H2,1-2H3,(H,20,22). The molecule has 0 unspecified atom stereocenters. The van der Waals surface area contributed by atoms with Gasteiger partial charge >= 0.3 is 6.03 Å². The lowest BCUT2D eigenvalue weighted by molar-refractivity contribution is 0.207. The number of hydrogen-bond acceptors (Lipinski definition) is 1. The van der Waals surface area contributed by atoms with E-state index >= 15 is 0 Å². The monoisotopic (exact) mass is 316 g/mol. The van der Waals surface area contributed by atoms with Crippen molar-refractivity contribution in [2.24, 2.45) is 0 Å². The van der Waals surface area contributed by atoms with Gasteiger partial charge in [0.25, 0.3) is 0 Å². The average molecular weight is 317 g/mol. The topological polar surface area (TPSA) is 32.3 Å². The molecule has 0 bridgehead atoms. The predicted molar refractivity (Wildman–Crippen MR) is 91.2 cm³/mol. The first-order valence-corrected chi connectivity index (χ1v) is 7.71. The van der Waals surface area contributed by atoms with E-state index < -0.39 is 0 Å². The molecular weight excluding hydrogens is 296 g/mol. The lowest BCUT2D eigenvalue weighted by atomic mass is 10.1. The highest BCUT2D eigenvalue weighted by molar-refractivity contribution is 6.30. The van der Waals surface area contributed by atoms with Crippen LogP contribution in [0.4, 0.5) is 4.79 Å². The maximum Gasteiger partial charge on any atom is 0.317 e. The molecule has 0 aromatic heterocycles. The molecule has 2 aromatic carbocycles. The third-order valence-corrected chi connectivity index (χ3v) is 3.70. The Hall–Kier alpha value is -2.00. The number of halogens is 1. The van der Waals surface area contributed by atoms with Crippen molar-refractivity contribution in [1.82, 2.24) is 10.2 Å². The number of carbonyl (C=O) groups is 1. The highest BCUT2D eigenvalue weighted by Crippen LogP contribution is 2.11. The van der Waals surface area contributed by atoms with Gasteiger partial charge in [0.15, 0.2) is 0 Å². The van der Waals surface area contributed by atoms with Gasteiger partial charge in [-0.2, -0.15) is 0 Å². The fraction of sp³-hybridized carbons (Fsp3) is 0.278. The van der Waals surface area contributed by atoms with Crippen molar-refractivity contribution < 1.29 is 4.79 Å². The maximum atomic E-state index is 12.1. The summed E-state index contributed by atoms with van der Waals surface area (Å²) in [5.74, 6) is 0. The lowest BCUT2D eigenvalue weighted by Crippen LogP contribution is -2.37. The number of urea groups is 1. The number of carbonyl (C=O) groups excluding carboxylic acids is 1. The van der Waals surface area contributed by atoms with Gasteiger partial charge in [-0.3, -0.25) is 0 Å². The molecule has 0 fully saturated rings. The van der Waals surface area contributed by atoms with Crippen LogP contribution < -0.4 is 5.32 Å². The number of aryl methyl sites for hydroxylation is 1. The van der Waals surface area contributed by atoms with Gasteiger partial charge in [-0.05, 0) is 36.6 Å². The molecule has 3 nitrogen and oxygen atoms in total. The van der Waals surface area contributed by atoms with Gasteiger partial charge < -0.3 is 10.2 Å². The molecule has 0 spiro atoms. The summed E-state index contributed by atoms with van der Waals surface area (Å²) in [5.41, 5.74) is 3.53. The second-order valence-corrected chi connectivity index (χ2v) is 5.89. The molecule has 1 N–H and O–H groups in total. The van der Waals surface area contributed by atoms with E-state index in [2.05, 4.69) is 30.4 Å². The predicted octanol–water partition coefficient (Wildman–Crippen LogP) is 4.03. The van der Waals surface area contributed by atoms with E-state index in [0.717, 1.165) is 12.0 Å². The van der Waals surface area contributed by atoms with Crippen LogP contribution in [0.3, 0.4) is 0 Å². The lowest BCUT2D eigenvalue weighted by Gasteiger charge is -2.18. The Morgan fingerprint density at radius 3 is 2.55 bits per heavy atom. The first-order valence-electron chi connectivity index (χ1n) is 7.33. The van der Waals surface area contributed by atoms with Gasteiger partial charge in [-0.25, -0.2) is 4.79 Å². The van der Waals surface area contributed by atoms with Crippen LogP contribution in [0.25, 0.3) is 0 Å². The van der Waals surface area contributed by atoms with Gasteiger partial charge in [0.1, 0.15) is 0 Å². The summed E-state index contributed by atoms with van der Waals surface area (Å²) in [6.45, 7) is 3.27. The first-order chi connectivity index (χ1) is 10.5. The summed E-state index contributed by atoms with van der Waals surface area (Å²) < 4.78 is 0. The Morgan fingerprint density at radius 2 is 1.86 bits per heavy atom. The molecule has 2 rings (SSSR count). The smallest absolute Gasteiger partial charge is 0.317 e. The summed E-state index contributed by atoms with van der Waals surface area (Å²) in [6, 6.07) is 15.8. The van der Waals surface area contributed by atoms with Gasteiger partial charge in [-0.15, -0.1) is 0 Å². The van der Waals surface area contributed by atoms with Crippen LogP contribution in [-0.2, 0) is 13.0 Å². The fourth-order valence-corrected chi connectivity index (χ4v) is 2.38. The molecule has 0 saturated heterocycles. The number of hydrogen-bond donors (Lipinski definition) is 1. The minimum atomic E-state index is -0.0670. The first kappa shape index (κ1) is 16.4. The van der Waals surface area contributed by atoms with E-state index in [0.29, 0.717) is 18.1 Å². The minimum absolute atomic E-state index is 0.0670. The molecule has 0 aliphatic heterocycles. The van der Waals surface area contributed by atoms with Crippen molar-refractivity contribution in [3.8, 4) is 0 Å². The van der Waals surface area contributed by atoms with E-state index in [-0.39, 0.29) is 6.03 Å². The van der Waals surface area contributed by atoms with Crippen LogP contribution in [0.15, 0.2) is 48.5 Å². The number of amides is 2. The quantitative estimate of drug-likeness (QED) is 0.887. The van der Waals surface area contributed by atoms with Crippen LogP contribution in [0.1, 0.15) is 16.7 Å². The third-order valence-electron chi connectivity index (χ3n) is 3.45. The summed E-state index contributed by atoms with van der Waals surface area (Å²) in [5, 5.41) is 3.65. The molecule has 2 amide bonds. The van der Waals surface area contributed by atoms with Crippen LogP contribution in [0.5, 0.6) is 0 Å². The largest absolute Gasteiger partial charge is 0.338 e. The number of rotatable bonds is 5. The molecule has 0 heterocycles. The average Bonchev–Trinajstić information content (AvgIpc) is 2.49. The third kappa shape index (κ3) is 5.08. The highest BCUT2D eigenvalue weighted by atomic mass is 35.5. The zero-order valence-corrected chi connectivity index (χ0v) is 13.7. The van der Waals surface area contributed by atoms with Crippen molar-refractivity contribution in [2.45, 2.75) is 19.9 Å². The SMILES string of the molecule is Cc1cccc(CCNC(=O)N(C)Cc2ccc(Cl)cc2)c1. The van der Waals surface area contributed by atoms with Crippen LogP contribution in [0, 0.1) is 6.92 Å². The maximum absolute atomic E-state index is 12.1. The molecular formula is C18H21ClN2O. The second kappa shape index (κ2) is 7.85. The van der Waals surface area contributed by atoms with Crippen molar-refractivity contribution in [2.75, 3.05) is 13.6 Å². The van der Waals surface area contributed by atoms with Gasteiger partial charge in [0.2, 0.25) is 0 Å². The second-order valence-electron chi connectivity index (χ2n) is 5.45. The van der Waals surface area contributed by atoms with Crippen molar-refractivity contribution in [3.63, 3.8) is 0 Å². The van der Waals surface area contributed by atoms with E-state index in [1.165, 1.54) is 11.1 Å². The van der Waals surface area contributed by atoms with Crippen LogP contribution in [0.2, 0.25) is 5.02 Å². The molecule has 0 aliphatic rings. The van der Waals surface area contributed by atoms with Crippen molar-refractivity contribution in [1.29, 1.82) is 0 Å². The minimum Gasteiger partial charge on any atom is -0.338 e. The summed E-state index contributed by atoms with van der Waals surface area (Å²) >= 11 is 5.86. The number of nitrogens with zero attached hydrogens (tertiary/aromatic N) is 1. The number of benzene rings is 2. The van der Waals surface area contributed by atoms with Gasteiger partial charge in [0.05, 0.1) is 0 Å². The van der Waals surface area contributed by atoms with Crippen LogP contribution >= 0.6 is 11.6 Å². The van der Waals surface area contributed by atoms with E-state index in [1.807, 2.05) is 30.3 Å². The summed E-state index contributed by atoms with van der Waals surface area (Å²) in [6.07, 6.45) is 0.836. The Labute approximate surface area is 136 Å². The van der Waals surface area contributed by atoms with Gasteiger partial charge in [-0.1, -0.05) is 53.6 Å². The highest BCUT2D eigenvalue weighted by Gasteiger charge is 2.08. The molecule has 0 aliphatic carbocycles. The molecule has 0 atom stereocenters. The molecule has 4 heteroatoms. The molecule has 22 heavy (non-hydrogen) atoms. The molecule has 0 saturated carbocycles. The Balaban J connectivity index is 1.77. The Kier molecular flexibility index (Phi) is 5.84.